The number of rotatable bonds is 6. The maximum absolute atomic E-state index is 12.3. The van der Waals surface area contributed by atoms with Crippen molar-refractivity contribution in [3.63, 3.8) is 0 Å². The van der Waals surface area contributed by atoms with E-state index in [0.29, 0.717) is 17.0 Å². The van der Waals surface area contributed by atoms with Crippen LogP contribution in [0.25, 0.3) is 10.2 Å². The average molecular weight is 402 g/mol. The lowest BCUT2D eigenvalue weighted by atomic mass is 10.2. The molecule has 10 heteroatoms. The number of aromatic nitrogens is 1. The van der Waals surface area contributed by atoms with Crippen LogP contribution < -0.4 is 10.6 Å². The molecule has 0 radical (unpaired) electrons. The summed E-state index contributed by atoms with van der Waals surface area (Å²) in [6.07, 6.45) is 0. The molecule has 2 amide bonds. The Kier molecular flexibility index (Phi) is 5.67. The Hall–Kier alpha value is -2.98. The molecule has 138 valence electrons. The molecule has 0 saturated heterocycles. The molecule has 0 atom stereocenters. The van der Waals surface area contributed by atoms with Crippen LogP contribution in [0.15, 0.2) is 46.8 Å². The first kappa shape index (κ1) is 18.8. The van der Waals surface area contributed by atoms with Crippen molar-refractivity contribution < 1.29 is 14.5 Å². The molecule has 0 aliphatic rings. The zero-order chi connectivity index (χ0) is 19.4. The van der Waals surface area contributed by atoms with Gasteiger partial charge in [-0.25, -0.2) is 4.98 Å². The normalized spacial score (nSPS) is 10.6. The van der Waals surface area contributed by atoms with Gasteiger partial charge in [0, 0.05) is 30.4 Å². The molecule has 0 unspecified atom stereocenters. The molecule has 2 N–H and O–H groups in total. The molecule has 8 nitrogen and oxygen atoms in total. The number of nitrogens with zero attached hydrogens (tertiary/aromatic N) is 2. The van der Waals surface area contributed by atoms with Gasteiger partial charge in [-0.1, -0.05) is 11.8 Å². The summed E-state index contributed by atoms with van der Waals surface area (Å²) in [5.41, 5.74) is 1.64. The van der Waals surface area contributed by atoms with Gasteiger partial charge < -0.3 is 10.6 Å². The first-order valence-corrected chi connectivity index (χ1v) is 9.56. The molecule has 0 aliphatic carbocycles. The smallest absolute Gasteiger partial charge is 0.269 e. The van der Waals surface area contributed by atoms with Crippen LogP contribution in [0.4, 0.5) is 11.4 Å². The Labute approximate surface area is 162 Å². The summed E-state index contributed by atoms with van der Waals surface area (Å²) in [6.45, 7) is 0. The summed E-state index contributed by atoms with van der Waals surface area (Å²) >= 11 is 2.79. The Morgan fingerprint density at radius 2 is 1.96 bits per heavy atom. The summed E-state index contributed by atoms with van der Waals surface area (Å²) in [6, 6.07) is 10.7. The van der Waals surface area contributed by atoms with Gasteiger partial charge in [0.05, 0.1) is 20.9 Å². The number of carbonyl (C=O) groups excluding carboxylic acids is 2. The Morgan fingerprint density at radius 1 is 1.22 bits per heavy atom. The molecule has 27 heavy (non-hydrogen) atoms. The maximum atomic E-state index is 12.3. The predicted octanol–water partition coefficient (Wildman–Crippen LogP) is 3.29. The van der Waals surface area contributed by atoms with Crippen LogP contribution in [0.1, 0.15) is 10.4 Å². The third-order valence-corrected chi connectivity index (χ3v) is 5.73. The molecule has 1 heterocycles. The summed E-state index contributed by atoms with van der Waals surface area (Å²) in [4.78, 5) is 38.2. The van der Waals surface area contributed by atoms with E-state index < -0.39 is 4.92 Å². The fraction of sp³-hybridized carbons (Fsp3) is 0.118. The number of hydrogen-bond donors (Lipinski definition) is 2. The summed E-state index contributed by atoms with van der Waals surface area (Å²) < 4.78 is 1.66. The number of nitro groups is 1. The summed E-state index contributed by atoms with van der Waals surface area (Å²) in [7, 11) is 1.58. The highest BCUT2D eigenvalue weighted by Gasteiger charge is 2.11. The molecule has 0 aliphatic heterocycles. The van der Waals surface area contributed by atoms with E-state index in [1.165, 1.54) is 47.4 Å². The van der Waals surface area contributed by atoms with Gasteiger partial charge in [0.1, 0.15) is 0 Å². The van der Waals surface area contributed by atoms with E-state index >= 15 is 0 Å². The monoisotopic (exact) mass is 402 g/mol. The van der Waals surface area contributed by atoms with Crippen molar-refractivity contribution >= 4 is 56.5 Å². The quantitative estimate of drug-likeness (QED) is 0.371. The molecular weight excluding hydrogens is 388 g/mol. The molecule has 3 rings (SSSR count). The number of anilines is 1. The zero-order valence-corrected chi connectivity index (χ0v) is 15.7. The van der Waals surface area contributed by atoms with Gasteiger partial charge in [0.25, 0.3) is 11.6 Å². The lowest BCUT2D eigenvalue weighted by Crippen LogP contribution is -2.19. The van der Waals surface area contributed by atoms with E-state index in [9.17, 15) is 19.7 Å². The second kappa shape index (κ2) is 8.14. The molecule has 1 aromatic heterocycles. The van der Waals surface area contributed by atoms with Crippen molar-refractivity contribution in [1.82, 2.24) is 10.3 Å². The number of non-ortho nitro benzene ring substituents is 1. The number of benzene rings is 2. The van der Waals surface area contributed by atoms with Gasteiger partial charge in [-0.3, -0.25) is 19.7 Å². The topological polar surface area (TPSA) is 114 Å². The molecule has 0 spiro atoms. The van der Waals surface area contributed by atoms with Crippen LogP contribution in [0.2, 0.25) is 0 Å². The highest BCUT2D eigenvalue weighted by molar-refractivity contribution is 8.01. The van der Waals surface area contributed by atoms with E-state index in [4.69, 9.17) is 0 Å². The minimum absolute atomic E-state index is 0.0700. The highest BCUT2D eigenvalue weighted by Crippen LogP contribution is 2.31. The largest absolute Gasteiger partial charge is 0.358 e. The predicted molar refractivity (Wildman–Crippen MR) is 105 cm³/mol. The van der Waals surface area contributed by atoms with Gasteiger partial charge in [0.2, 0.25) is 5.91 Å². The molecule has 2 aromatic carbocycles. The number of amides is 2. The Bertz CT molecular complexity index is 1020. The molecular formula is C17H14N4O4S2. The number of thiazole rings is 1. The van der Waals surface area contributed by atoms with E-state index in [1.54, 1.807) is 25.2 Å². The van der Waals surface area contributed by atoms with Gasteiger partial charge >= 0.3 is 0 Å². The minimum atomic E-state index is -0.515. The number of thioether (sulfide) groups is 1. The van der Waals surface area contributed by atoms with Crippen LogP contribution in [0.3, 0.4) is 0 Å². The number of hydrogen-bond acceptors (Lipinski definition) is 7. The number of fused-ring (bicyclic) bond motifs is 1. The molecule has 0 saturated carbocycles. The van der Waals surface area contributed by atoms with Crippen LogP contribution in [0.5, 0.6) is 0 Å². The van der Waals surface area contributed by atoms with Gasteiger partial charge in [-0.2, -0.15) is 0 Å². The van der Waals surface area contributed by atoms with Gasteiger partial charge in [0.15, 0.2) is 4.34 Å². The third kappa shape index (κ3) is 4.60. The summed E-state index contributed by atoms with van der Waals surface area (Å²) in [5, 5.41) is 16.0. The van der Waals surface area contributed by atoms with Crippen LogP contribution >= 0.6 is 23.1 Å². The SMILES string of the molecule is CNC(=O)CSc1nc2ccc(NC(=O)c3ccc([N+](=O)[O-])cc3)cc2s1. The second-order valence-corrected chi connectivity index (χ2v) is 7.64. The fourth-order valence-electron chi connectivity index (χ4n) is 2.18. The van der Waals surface area contributed by atoms with Gasteiger partial charge in [-0.05, 0) is 30.3 Å². The van der Waals surface area contributed by atoms with Crippen LogP contribution in [-0.4, -0.2) is 34.5 Å². The van der Waals surface area contributed by atoms with E-state index in [2.05, 4.69) is 15.6 Å². The van der Waals surface area contributed by atoms with E-state index in [0.717, 1.165) is 14.6 Å². The number of nitro benzene ring substituents is 1. The average Bonchev–Trinajstić information content (AvgIpc) is 3.08. The first-order valence-electron chi connectivity index (χ1n) is 7.76. The highest BCUT2D eigenvalue weighted by atomic mass is 32.2. The van der Waals surface area contributed by atoms with Crippen molar-refractivity contribution in [2.75, 3.05) is 18.1 Å². The van der Waals surface area contributed by atoms with Crippen LogP contribution in [0, 0.1) is 10.1 Å². The lowest BCUT2D eigenvalue weighted by molar-refractivity contribution is -0.384. The first-order chi connectivity index (χ1) is 13.0. The lowest BCUT2D eigenvalue weighted by Gasteiger charge is -2.05. The fourth-order valence-corrected chi connectivity index (χ4v) is 4.16. The van der Waals surface area contributed by atoms with Crippen molar-refractivity contribution in [1.29, 1.82) is 0 Å². The second-order valence-electron chi connectivity index (χ2n) is 5.38. The van der Waals surface area contributed by atoms with Gasteiger partial charge in [-0.15, -0.1) is 11.3 Å². The van der Waals surface area contributed by atoms with Crippen molar-refractivity contribution in [2.45, 2.75) is 4.34 Å². The summed E-state index contributed by atoms with van der Waals surface area (Å²) in [5.74, 6) is -0.140. The van der Waals surface area contributed by atoms with Crippen molar-refractivity contribution in [3.05, 3.63) is 58.1 Å². The Balaban J connectivity index is 1.71. The van der Waals surface area contributed by atoms with Crippen molar-refractivity contribution in [2.24, 2.45) is 0 Å². The zero-order valence-electron chi connectivity index (χ0n) is 14.1. The molecule has 3 aromatic rings. The molecule has 0 fully saturated rings. The van der Waals surface area contributed by atoms with Crippen molar-refractivity contribution in [3.8, 4) is 0 Å². The standard InChI is InChI=1S/C17H14N4O4S2/c1-18-15(22)9-26-17-20-13-7-4-11(8-14(13)27-17)19-16(23)10-2-5-12(6-3-10)21(24)25/h2-8H,9H2,1H3,(H,18,22)(H,19,23). The maximum Gasteiger partial charge on any atom is 0.269 e. The van der Waals surface area contributed by atoms with Crippen LogP contribution in [-0.2, 0) is 4.79 Å². The minimum Gasteiger partial charge on any atom is -0.358 e. The van der Waals surface area contributed by atoms with E-state index in [1.807, 2.05) is 0 Å². The van der Waals surface area contributed by atoms with E-state index in [-0.39, 0.29) is 17.5 Å². The Morgan fingerprint density at radius 3 is 2.63 bits per heavy atom. The third-order valence-electron chi connectivity index (χ3n) is 3.57. The number of nitrogens with one attached hydrogen (secondary N) is 2. The molecule has 0 bridgehead atoms. The number of carbonyl (C=O) groups is 2.